The summed E-state index contributed by atoms with van der Waals surface area (Å²) >= 11 is 3.64. The fourth-order valence-corrected chi connectivity index (χ4v) is 36.1. The van der Waals surface area contributed by atoms with E-state index in [1.54, 1.807) is 18.2 Å². The van der Waals surface area contributed by atoms with Crippen molar-refractivity contribution < 1.29 is 34.6 Å². The first kappa shape index (κ1) is 99.3. The van der Waals surface area contributed by atoms with Gasteiger partial charge in [-0.15, -0.1) is 29.7 Å². The Labute approximate surface area is 801 Å². The number of terminal acetylenes is 1. The van der Waals surface area contributed by atoms with Crippen molar-refractivity contribution in [2.24, 2.45) is 0 Å². The van der Waals surface area contributed by atoms with Crippen LogP contribution in [-0.2, 0) is 34.6 Å². The molecule has 0 aliphatic rings. The van der Waals surface area contributed by atoms with Gasteiger partial charge < -0.3 is 12.8 Å². The van der Waals surface area contributed by atoms with Crippen molar-refractivity contribution in [2.45, 2.75) is 0 Å². The second-order valence-corrected chi connectivity index (χ2v) is 47.5. The second-order valence-electron chi connectivity index (χ2n) is 28.8. The Balaban J connectivity index is 0.000000156. The molecule has 17 rings (SSSR count). The number of benzene rings is 17. The maximum atomic E-state index is 6.88. The summed E-state index contributed by atoms with van der Waals surface area (Å²) in [5, 5.41) is 23.6. The van der Waals surface area contributed by atoms with Crippen LogP contribution in [0, 0.1) is 37.0 Å². The molecule has 0 saturated heterocycles. The summed E-state index contributed by atoms with van der Waals surface area (Å²) in [6.07, 6.45) is 28.6. The molecule has 0 aliphatic carbocycles. The van der Waals surface area contributed by atoms with E-state index in [0.29, 0.717) is 16.7 Å². The van der Waals surface area contributed by atoms with Gasteiger partial charge >= 0.3 is 54.0 Å². The largest absolute Gasteiger partial charge is 0.0622 e. The molecule has 12 heteroatoms. The molecule has 0 nitrogen and oxygen atoms in total. The van der Waals surface area contributed by atoms with Crippen molar-refractivity contribution in [3.05, 3.63) is 533 Å². The molecule has 0 fully saturated rings. The van der Waals surface area contributed by atoms with E-state index in [1.165, 1.54) is 134 Å². The minimum atomic E-state index is -0.348. The van der Waals surface area contributed by atoms with Crippen molar-refractivity contribution in [3.8, 4) is 24.2 Å². The van der Waals surface area contributed by atoms with Crippen LogP contribution in [0.1, 0.15) is 16.7 Å². The minimum absolute atomic E-state index is 0.348. The Morgan fingerprint density at radius 1 is 0.164 bits per heavy atom. The van der Waals surface area contributed by atoms with Crippen molar-refractivity contribution >= 4 is 168 Å². The molecule has 0 aliphatic heterocycles. The van der Waals surface area contributed by atoms with E-state index in [0.717, 1.165) is 0 Å². The molecule has 17 aromatic carbocycles. The van der Waals surface area contributed by atoms with Crippen LogP contribution in [0.2, 0.25) is 0 Å². The molecule has 634 valence electrons. The van der Waals surface area contributed by atoms with Gasteiger partial charge in [0, 0.05) is 0 Å². The SMILES string of the molecule is [C-]#Cc1cc(C#[C-])cc(C#C)c1.[Cl][Ru+].[Cl][Ru+].c1ccc(P(CCP(c2ccccc2)c2ccccc2)c2ccccc2)cc1.c1ccc(P(CCP(c2ccccc2)c2ccccc2)c2ccccc2)cc1.c1ccc(P(CCP(c2ccccc2)c2ccccc2)c2ccccc2)cc1.c1ccc(P(CCP(c2ccccc2)c2ccccc2)c2ccccc2)cc1. The Kier molecular flexibility index (Phi) is 45.3. The quantitative estimate of drug-likeness (QED) is 0.0198. The molecule has 0 unspecified atom stereocenters. The Morgan fingerprint density at radius 2 is 0.250 bits per heavy atom. The molecule has 0 radical (unpaired) electrons. The van der Waals surface area contributed by atoms with Gasteiger partial charge in [0.1, 0.15) is 0 Å². The molecule has 0 bridgehead atoms. The maximum absolute atomic E-state index is 6.88. The maximum Gasteiger partial charge on any atom is -0.0195 e. The zero-order valence-electron chi connectivity index (χ0n) is 71.2. The normalized spacial score (nSPS) is 10.5. The van der Waals surface area contributed by atoms with Gasteiger partial charge in [0.25, 0.3) is 0 Å². The smallest absolute Gasteiger partial charge is 0.0195 e. The molecular formula is C116H100Cl2P8Ru2. The number of halogens is 2. The Bertz CT molecular complexity index is 4590. The van der Waals surface area contributed by atoms with Crippen molar-refractivity contribution in [1.82, 2.24) is 0 Å². The van der Waals surface area contributed by atoms with E-state index in [1.807, 2.05) is 34.6 Å². The van der Waals surface area contributed by atoms with E-state index in [9.17, 15) is 0 Å². The average molecular weight is 2010 g/mol. The van der Waals surface area contributed by atoms with Crippen LogP contribution >= 0.6 is 82.8 Å². The molecular weight excluding hydrogens is 1910 g/mol. The van der Waals surface area contributed by atoms with Gasteiger partial charge in [-0.05, 0) is 203 Å². The number of hydrogen-bond acceptors (Lipinski definition) is 0. The molecule has 0 N–H and O–H groups in total. The van der Waals surface area contributed by atoms with Crippen LogP contribution in [0.5, 0.6) is 0 Å². The van der Waals surface area contributed by atoms with Crippen molar-refractivity contribution in [1.29, 1.82) is 0 Å². The van der Waals surface area contributed by atoms with E-state index < -0.39 is 0 Å². The van der Waals surface area contributed by atoms with E-state index >= 15 is 0 Å². The van der Waals surface area contributed by atoms with Crippen LogP contribution in [-0.4, -0.2) is 49.3 Å². The predicted molar refractivity (Wildman–Crippen MR) is 570 cm³/mol. The summed E-state index contributed by atoms with van der Waals surface area (Å²) in [6.45, 7) is 0. The van der Waals surface area contributed by atoms with E-state index in [4.69, 9.17) is 19.3 Å². The van der Waals surface area contributed by atoms with Crippen LogP contribution in [0.3, 0.4) is 0 Å². The average Bonchev–Trinajstić information content (AvgIpc) is 0.836. The summed E-state index contributed by atoms with van der Waals surface area (Å²) in [6, 6.07) is 182. The number of rotatable bonds is 28. The Hall–Kier alpha value is -9.31. The summed E-state index contributed by atoms with van der Waals surface area (Å²) < 4.78 is 0. The van der Waals surface area contributed by atoms with Gasteiger partial charge in [-0.25, -0.2) is 0 Å². The van der Waals surface area contributed by atoms with Gasteiger partial charge in [0.2, 0.25) is 0 Å². The van der Waals surface area contributed by atoms with Crippen molar-refractivity contribution in [2.75, 3.05) is 49.3 Å². The first-order valence-electron chi connectivity index (χ1n) is 42.2. The minimum Gasteiger partial charge on any atom is -0.0622 e. The predicted octanol–water partition coefficient (Wildman–Crippen LogP) is 23.9. The van der Waals surface area contributed by atoms with Gasteiger partial charge in [0.15, 0.2) is 0 Å². The van der Waals surface area contributed by atoms with Crippen LogP contribution in [0.15, 0.2) is 504 Å². The number of hydrogen-bond donors (Lipinski definition) is 0. The first-order chi connectivity index (χ1) is 63.5. The summed E-state index contributed by atoms with van der Waals surface area (Å²) in [4.78, 5) is 0. The fourth-order valence-electron chi connectivity index (χ4n) is 14.6. The molecule has 128 heavy (non-hydrogen) atoms. The molecule has 17 aromatic rings. The molecule has 0 aromatic heterocycles. The van der Waals surface area contributed by atoms with Crippen LogP contribution in [0.4, 0.5) is 0 Å². The standard InChI is InChI=1S/4C26H24P2.C12H4.2ClH.2Ru/c4*1-5-13-23(14-6-1)27(24-15-7-2-8-16-24)21-22-28(25-17-9-3-10-18-25)26-19-11-4-12-20-26;1-4-10-7-11(5-2)9-12(6-3)8-10;;;;/h4*1-20H,21-22H2;1,7-9H;2*1H;;/q;;;;-2;;;2*+2/p-2. The third-order valence-corrected chi connectivity index (χ3v) is 42.2. The van der Waals surface area contributed by atoms with Gasteiger partial charge in [-0.1, -0.05) is 491 Å². The molecule has 0 heterocycles. The fraction of sp³-hybridized carbons (Fsp3) is 0.0690. The van der Waals surface area contributed by atoms with Gasteiger partial charge in [-0.3, -0.25) is 11.8 Å². The molecule has 0 spiro atoms. The monoisotopic (exact) mass is 2010 g/mol. The van der Waals surface area contributed by atoms with E-state index in [-0.39, 0.29) is 63.4 Å². The van der Waals surface area contributed by atoms with Gasteiger partial charge in [-0.2, -0.15) is 6.07 Å². The first-order valence-corrected chi connectivity index (χ1v) is 58.9. The third-order valence-electron chi connectivity index (χ3n) is 20.7. The topological polar surface area (TPSA) is 0 Å². The third kappa shape index (κ3) is 32.1. The molecule has 0 saturated carbocycles. The van der Waals surface area contributed by atoms with Crippen molar-refractivity contribution in [3.63, 3.8) is 0 Å². The summed E-state index contributed by atoms with van der Waals surface area (Å²) in [7, 11) is 6.35. The molecule has 0 atom stereocenters. The zero-order chi connectivity index (χ0) is 89.1. The van der Waals surface area contributed by atoms with E-state index in [2.05, 4.69) is 522 Å². The summed E-state index contributed by atoms with van der Waals surface area (Å²) in [5.41, 5.74) is 1.78. The van der Waals surface area contributed by atoms with Crippen LogP contribution < -0.4 is 84.9 Å². The van der Waals surface area contributed by atoms with Crippen LogP contribution in [0.25, 0.3) is 0 Å². The molecule has 0 amide bonds. The Morgan fingerprint density at radius 3 is 0.328 bits per heavy atom. The van der Waals surface area contributed by atoms with Gasteiger partial charge in [0.05, 0.1) is 0 Å². The zero-order valence-corrected chi connectivity index (χ0v) is 83.3. The summed E-state index contributed by atoms with van der Waals surface area (Å²) in [5.74, 6) is 6.84. The second kappa shape index (κ2) is 58.4.